The van der Waals surface area contributed by atoms with E-state index in [0.717, 1.165) is 12.1 Å². The van der Waals surface area contributed by atoms with E-state index in [1.807, 2.05) is 6.92 Å². The molecule has 3 N–H and O–H groups in total. The number of benzene rings is 2. The van der Waals surface area contributed by atoms with E-state index >= 15 is 0 Å². The summed E-state index contributed by atoms with van der Waals surface area (Å²) < 4.78 is 43.6. The van der Waals surface area contributed by atoms with Crippen molar-refractivity contribution in [2.45, 2.75) is 32.5 Å². The molecule has 2 aromatic rings. The van der Waals surface area contributed by atoms with E-state index < -0.39 is 36.1 Å². The molecule has 0 saturated carbocycles. The molecule has 11 heteroatoms. The Balaban J connectivity index is 1.87. The molecule has 0 spiro atoms. The molecule has 0 fully saturated rings. The number of amides is 3. The van der Waals surface area contributed by atoms with Crippen LogP contribution in [0.5, 0.6) is 5.75 Å². The minimum absolute atomic E-state index is 0.00702. The average molecular weight is 464 g/mol. The Bertz CT molecular complexity index is 1020. The number of nitrogens with zero attached hydrogens (tertiary/aromatic N) is 1. The summed E-state index contributed by atoms with van der Waals surface area (Å²) in [7, 11) is 0. The third kappa shape index (κ3) is 8.63. The molecule has 0 aliphatic heterocycles. The van der Waals surface area contributed by atoms with Gasteiger partial charge >= 0.3 is 18.0 Å². The zero-order valence-corrected chi connectivity index (χ0v) is 17.9. The van der Waals surface area contributed by atoms with E-state index in [-0.39, 0.29) is 11.7 Å². The van der Waals surface area contributed by atoms with Gasteiger partial charge in [-0.25, -0.2) is 5.43 Å². The van der Waals surface area contributed by atoms with Gasteiger partial charge < -0.3 is 15.4 Å². The first-order valence-electron chi connectivity index (χ1n) is 9.92. The van der Waals surface area contributed by atoms with Crippen LogP contribution in [-0.4, -0.2) is 36.6 Å². The number of carbonyl (C=O) groups excluding carboxylic acids is 3. The molecular weight excluding hydrogens is 441 g/mol. The highest BCUT2D eigenvalue weighted by atomic mass is 19.4. The first-order chi connectivity index (χ1) is 15.6. The Kier molecular flexibility index (Phi) is 8.96. The summed E-state index contributed by atoms with van der Waals surface area (Å²) in [4.78, 5) is 35.3. The van der Waals surface area contributed by atoms with Gasteiger partial charge in [0.1, 0.15) is 5.75 Å². The number of ether oxygens (including phenoxy) is 1. The standard InChI is InChI=1S/C22H23F3N4O4/c1-3-14(2)27-20(31)21(32)29-26-12-15-6-4-9-18(10-15)33-13-19(30)28-17-8-5-7-16(11-17)22(23,24)25/h4-12,14H,3,13H2,1-2H3,(H,27,31)(H,28,30)(H,29,32)/b26-12-/t14-/m1/s1. The van der Waals surface area contributed by atoms with Crippen LogP contribution in [0.2, 0.25) is 0 Å². The van der Waals surface area contributed by atoms with Crippen LogP contribution in [0.1, 0.15) is 31.4 Å². The number of rotatable bonds is 8. The maximum absolute atomic E-state index is 12.8. The van der Waals surface area contributed by atoms with Gasteiger partial charge in [-0.1, -0.05) is 25.1 Å². The van der Waals surface area contributed by atoms with Crippen molar-refractivity contribution >= 4 is 29.6 Å². The van der Waals surface area contributed by atoms with Crippen LogP contribution in [0, 0.1) is 0 Å². The maximum Gasteiger partial charge on any atom is 0.416 e. The first kappa shape index (κ1) is 25.4. The highest BCUT2D eigenvalue weighted by Gasteiger charge is 2.30. The van der Waals surface area contributed by atoms with Gasteiger partial charge in [0, 0.05) is 11.7 Å². The zero-order valence-electron chi connectivity index (χ0n) is 17.9. The molecule has 0 saturated heterocycles. The molecule has 0 unspecified atom stereocenters. The van der Waals surface area contributed by atoms with Crippen molar-refractivity contribution in [2.24, 2.45) is 5.10 Å². The van der Waals surface area contributed by atoms with Crippen molar-refractivity contribution in [3.63, 3.8) is 0 Å². The lowest BCUT2D eigenvalue weighted by Gasteiger charge is -2.11. The Labute approximate surface area is 188 Å². The minimum atomic E-state index is -4.52. The second-order valence-electron chi connectivity index (χ2n) is 6.97. The van der Waals surface area contributed by atoms with Crippen LogP contribution in [0.4, 0.5) is 18.9 Å². The summed E-state index contributed by atoms with van der Waals surface area (Å²) in [5, 5.41) is 8.55. The molecule has 2 aromatic carbocycles. The molecule has 8 nitrogen and oxygen atoms in total. The molecule has 0 bridgehead atoms. The molecule has 0 radical (unpaired) electrons. The van der Waals surface area contributed by atoms with Crippen LogP contribution >= 0.6 is 0 Å². The van der Waals surface area contributed by atoms with Crippen molar-refractivity contribution in [1.82, 2.24) is 10.7 Å². The minimum Gasteiger partial charge on any atom is -0.484 e. The van der Waals surface area contributed by atoms with Gasteiger partial charge in [-0.15, -0.1) is 0 Å². The van der Waals surface area contributed by atoms with Gasteiger partial charge in [0.2, 0.25) is 0 Å². The predicted octanol–water partition coefficient (Wildman–Crippen LogP) is 3.09. The normalized spacial score (nSPS) is 12.2. The molecule has 3 amide bonds. The third-order valence-electron chi connectivity index (χ3n) is 4.28. The van der Waals surface area contributed by atoms with Crippen LogP contribution < -0.4 is 20.8 Å². The molecule has 2 rings (SSSR count). The first-order valence-corrected chi connectivity index (χ1v) is 9.92. The van der Waals surface area contributed by atoms with E-state index in [2.05, 4.69) is 21.2 Å². The maximum atomic E-state index is 12.8. The third-order valence-corrected chi connectivity index (χ3v) is 4.28. The summed E-state index contributed by atoms with van der Waals surface area (Å²) in [5.41, 5.74) is 1.73. The van der Waals surface area contributed by atoms with E-state index in [1.54, 1.807) is 25.1 Å². The average Bonchev–Trinajstić information content (AvgIpc) is 2.77. The smallest absolute Gasteiger partial charge is 0.416 e. The molecule has 1 atom stereocenters. The molecule has 0 aliphatic rings. The lowest BCUT2D eigenvalue weighted by Crippen LogP contribution is -2.41. The van der Waals surface area contributed by atoms with Gasteiger partial charge in [0.15, 0.2) is 6.61 Å². The summed E-state index contributed by atoms with van der Waals surface area (Å²) in [6.07, 6.45) is -2.56. The number of hydrazone groups is 1. The van der Waals surface area contributed by atoms with E-state index in [1.165, 1.54) is 24.4 Å². The highest BCUT2D eigenvalue weighted by molar-refractivity contribution is 6.35. The summed E-state index contributed by atoms with van der Waals surface area (Å²) >= 11 is 0. The van der Waals surface area contributed by atoms with E-state index in [0.29, 0.717) is 17.7 Å². The number of carbonyl (C=O) groups is 3. The van der Waals surface area contributed by atoms with Crippen molar-refractivity contribution in [2.75, 3.05) is 11.9 Å². The van der Waals surface area contributed by atoms with Crippen LogP contribution in [0.3, 0.4) is 0 Å². The predicted molar refractivity (Wildman–Crippen MR) is 116 cm³/mol. The number of nitrogens with one attached hydrogen (secondary N) is 3. The summed E-state index contributed by atoms with van der Waals surface area (Å²) in [6.45, 7) is 3.19. The molecule has 0 aliphatic carbocycles. The van der Waals surface area contributed by atoms with E-state index in [9.17, 15) is 27.6 Å². The monoisotopic (exact) mass is 464 g/mol. The fourth-order valence-corrected chi connectivity index (χ4v) is 2.41. The lowest BCUT2D eigenvalue weighted by molar-refractivity contribution is -0.139. The van der Waals surface area contributed by atoms with Crippen molar-refractivity contribution < 1.29 is 32.3 Å². The number of hydrogen-bond donors (Lipinski definition) is 3. The molecule has 176 valence electrons. The largest absolute Gasteiger partial charge is 0.484 e. The van der Waals surface area contributed by atoms with Crippen LogP contribution in [0.25, 0.3) is 0 Å². The zero-order chi connectivity index (χ0) is 24.4. The van der Waals surface area contributed by atoms with E-state index in [4.69, 9.17) is 4.74 Å². The van der Waals surface area contributed by atoms with Gasteiger partial charge in [-0.2, -0.15) is 18.3 Å². The van der Waals surface area contributed by atoms with Gasteiger partial charge in [0.25, 0.3) is 5.91 Å². The summed E-state index contributed by atoms with van der Waals surface area (Å²) in [5.74, 6) is -2.07. The Morgan fingerprint density at radius 2 is 1.82 bits per heavy atom. The quantitative estimate of drug-likeness (QED) is 0.317. The number of halogens is 3. The van der Waals surface area contributed by atoms with Crippen LogP contribution in [0.15, 0.2) is 53.6 Å². The molecule has 0 heterocycles. The van der Waals surface area contributed by atoms with Gasteiger partial charge in [-0.05, 0) is 49.2 Å². The Hall–Kier alpha value is -3.89. The molecular formula is C22H23F3N4O4. The van der Waals surface area contributed by atoms with Crippen LogP contribution in [-0.2, 0) is 20.6 Å². The van der Waals surface area contributed by atoms with Gasteiger partial charge in [-0.3, -0.25) is 14.4 Å². The lowest BCUT2D eigenvalue weighted by atomic mass is 10.2. The van der Waals surface area contributed by atoms with Crippen molar-refractivity contribution in [3.05, 3.63) is 59.7 Å². The fourth-order valence-electron chi connectivity index (χ4n) is 2.41. The molecule has 0 aromatic heterocycles. The topological polar surface area (TPSA) is 109 Å². The molecule has 33 heavy (non-hydrogen) atoms. The summed E-state index contributed by atoms with van der Waals surface area (Å²) in [6, 6.07) is 10.4. The SMILES string of the molecule is CC[C@@H](C)NC(=O)C(=O)N/N=C\c1cccc(OCC(=O)Nc2cccc(C(F)(F)F)c2)c1. The second kappa shape index (κ2) is 11.7. The number of alkyl halides is 3. The van der Waals surface area contributed by atoms with Crippen molar-refractivity contribution in [1.29, 1.82) is 0 Å². The van der Waals surface area contributed by atoms with Gasteiger partial charge in [0.05, 0.1) is 11.8 Å². The number of hydrogen-bond acceptors (Lipinski definition) is 5. The Morgan fingerprint density at radius 3 is 2.52 bits per heavy atom. The Morgan fingerprint density at radius 1 is 1.09 bits per heavy atom. The van der Waals surface area contributed by atoms with Crippen molar-refractivity contribution in [3.8, 4) is 5.75 Å². The fraction of sp³-hybridized carbons (Fsp3) is 0.273. The second-order valence-corrected chi connectivity index (χ2v) is 6.97. The number of anilines is 1. The highest BCUT2D eigenvalue weighted by Crippen LogP contribution is 2.30.